The fourth-order valence-corrected chi connectivity index (χ4v) is 6.04. The van der Waals surface area contributed by atoms with Crippen LogP contribution in [0.25, 0.3) is 11.1 Å². The first-order valence-electron chi connectivity index (χ1n) is 13.3. The molecule has 1 fully saturated rings. The van der Waals surface area contributed by atoms with Crippen LogP contribution in [0.1, 0.15) is 50.0 Å². The zero-order valence-corrected chi connectivity index (χ0v) is 24.6. The SMILES string of the molecule is COOSc1cc2c(cc1O)C(C)=C(c1cc(O)cc(Cl)c1)C(c1ccc(OCC(C)N3CCC(C)C3)cc1)O2. The molecule has 0 spiro atoms. The Hall–Kier alpha value is -2.88. The first-order chi connectivity index (χ1) is 19.2. The number of rotatable bonds is 9. The summed E-state index contributed by atoms with van der Waals surface area (Å²) in [4.78, 5) is 7.62. The molecule has 2 N–H and O–H groups in total. The van der Waals surface area contributed by atoms with Crippen LogP contribution in [0.15, 0.2) is 59.5 Å². The molecule has 0 saturated carbocycles. The maximum Gasteiger partial charge on any atom is 0.150 e. The number of nitrogens with zero attached hydrogens (tertiary/aromatic N) is 1. The van der Waals surface area contributed by atoms with Gasteiger partial charge in [0.2, 0.25) is 0 Å². The van der Waals surface area contributed by atoms with Crippen molar-refractivity contribution in [2.24, 2.45) is 5.92 Å². The van der Waals surface area contributed by atoms with Gasteiger partial charge in [-0.2, -0.15) is 4.33 Å². The summed E-state index contributed by atoms with van der Waals surface area (Å²) in [6.45, 7) is 9.34. The third kappa shape index (κ3) is 6.21. The Kier molecular flexibility index (Phi) is 8.83. The highest BCUT2D eigenvalue weighted by Gasteiger charge is 2.31. The molecule has 2 aliphatic heterocycles. The van der Waals surface area contributed by atoms with E-state index >= 15 is 0 Å². The molecule has 0 bridgehead atoms. The van der Waals surface area contributed by atoms with E-state index in [2.05, 4.69) is 23.6 Å². The highest BCUT2D eigenvalue weighted by atomic mass is 35.5. The van der Waals surface area contributed by atoms with Gasteiger partial charge in [-0.05, 0) is 85.8 Å². The van der Waals surface area contributed by atoms with Gasteiger partial charge in [-0.1, -0.05) is 30.7 Å². The minimum absolute atomic E-state index is 0.0367. The van der Waals surface area contributed by atoms with E-state index in [0.717, 1.165) is 64.6 Å². The van der Waals surface area contributed by atoms with Gasteiger partial charge in [-0.25, -0.2) is 4.89 Å². The van der Waals surface area contributed by atoms with E-state index in [0.29, 0.717) is 28.3 Å². The quantitative estimate of drug-likeness (QED) is 0.152. The third-order valence-electron chi connectivity index (χ3n) is 7.51. The van der Waals surface area contributed by atoms with E-state index in [4.69, 9.17) is 25.4 Å². The van der Waals surface area contributed by atoms with Crippen LogP contribution in [0.2, 0.25) is 5.02 Å². The molecule has 0 aromatic heterocycles. The van der Waals surface area contributed by atoms with Crippen LogP contribution >= 0.6 is 23.6 Å². The first kappa shape index (κ1) is 28.6. The zero-order chi connectivity index (χ0) is 28.4. The van der Waals surface area contributed by atoms with Crippen molar-refractivity contribution in [1.29, 1.82) is 0 Å². The Labute approximate surface area is 244 Å². The van der Waals surface area contributed by atoms with Crippen molar-refractivity contribution in [2.75, 3.05) is 26.8 Å². The summed E-state index contributed by atoms with van der Waals surface area (Å²) in [5.41, 5.74) is 4.09. The molecule has 212 valence electrons. The number of aromatic hydroxyl groups is 2. The number of fused-ring (bicyclic) bond motifs is 1. The number of benzene rings is 3. The normalized spacial score (nSPS) is 19.8. The Bertz CT molecular complexity index is 1380. The minimum Gasteiger partial charge on any atom is -0.508 e. The van der Waals surface area contributed by atoms with E-state index in [1.807, 2.05) is 31.2 Å². The Morgan fingerprint density at radius 3 is 2.58 bits per heavy atom. The highest BCUT2D eigenvalue weighted by molar-refractivity contribution is 7.94. The lowest BCUT2D eigenvalue weighted by atomic mass is 9.86. The average molecular weight is 584 g/mol. The van der Waals surface area contributed by atoms with E-state index < -0.39 is 6.10 Å². The van der Waals surface area contributed by atoms with Crippen LogP contribution in [0.3, 0.4) is 0 Å². The third-order valence-corrected chi connectivity index (χ3v) is 8.44. The van der Waals surface area contributed by atoms with Gasteiger partial charge in [0.1, 0.15) is 35.7 Å². The van der Waals surface area contributed by atoms with Crippen molar-refractivity contribution in [3.63, 3.8) is 0 Å². The lowest BCUT2D eigenvalue weighted by molar-refractivity contribution is -0.160. The second kappa shape index (κ2) is 12.3. The average Bonchev–Trinajstić information content (AvgIpc) is 3.37. The van der Waals surface area contributed by atoms with Crippen LogP contribution in [0, 0.1) is 5.92 Å². The van der Waals surface area contributed by atoms with Crippen molar-refractivity contribution in [3.05, 3.63) is 76.3 Å². The fourth-order valence-electron chi connectivity index (χ4n) is 5.37. The van der Waals surface area contributed by atoms with Gasteiger partial charge in [-0.15, -0.1) is 0 Å². The summed E-state index contributed by atoms with van der Waals surface area (Å²) in [7, 11) is 1.40. The summed E-state index contributed by atoms with van der Waals surface area (Å²) in [5.74, 6) is 2.22. The van der Waals surface area contributed by atoms with Crippen molar-refractivity contribution in [3.8, 4) is 23.0 Å². The van der Waals surface area contributed by atoms with Gasteiger partial charge in [0, 0.05) is 34.8 Å². The lowest BCUT2D eigenvalue weighted by Crippen LogP contribution is -2.35. The molecule has 40 heavy (non-hydrogen) atoms. The monoisotopic (exact) mass is 583 g/mol. The topological polar surface area (TPSA) is 80.6 Å². The van der Waals surface area contributed by atoms with Crippen molar-refractivity contribution in [2.45, 2.75) is 44.2 Å². The van der Waals surface area contributed by atoms with E-state index in [1.165, 1.54) is 19.6 Å². The standard InChI is InChI=1S/C31H34ClNO6S/c1-18-9-10-33(16-18)19(2)17-37-25-7-5-21(6-8-25)31-30(22-11-23(32)13-24(34)12-22)20(3)26-14-27(35)29(40-39-36-4)15-28(26)38-31/h5-8,11-15,18-19,31,34-35H,9-10,16-17H2,1-4H3. The van der Waals surface area contributed by atoms with Crippen LogP contribution in [-0.4, -0.2) is 48.0 Å². The molecule has 5 rings (SSSR count). The highest BCUT2D eigenvalue weighted by Crippen LogP contribution is 2.50. The van der Waals surface area contributed by atoms with Crippen molar-refractivity contribution in [1.82, 2.24) is 4.90 Å². The molecule has 0 amide bonds. The minimum atomic E-state index is -0.504. The van der Waals surface area contributed by atoms with Gasteiger partial charge >= 0.3 is 0 Å². The molecule has 2 aliphatic rings. The molecule has 3 aromatic carbocycles. The van der Waals surface area contributed by atoms with Crippen LogP contribution in [0.5, 0.6) is 23.0 Å². The molecule has 3 aromatic rings. The second-order valence-corrected chi connectivity index (χ2v) is 11.7. The fraction of sp³-hybridized carbons (Fsp3) is 0.355. The molecule has 2 heterocycles. The van der Waals surface area contributed by atoms with E-state index in [9.17, 15) is 10.2 Å². The number of hydrogen-bond donors (Lipinski definition) is 2. The lowest BCUT2D eigenvalue weighted by Gasteiger charge is -2.31. The molecule has 3 atom stereocenters. The maximum absolute atomic E-state index is 10.6. The van der Waals surface area contributed by atoms with Crippen molar-refractivity contribution < 1.29 is 28.9 Å². The maximum atomic E-state index is 10.6. The predicted molar refractivity (Wildman–Crippen MR) is 158 cm³/mol. The summed E-state index contributed by atoms with van der Waals surface area (Å²) in [6.07, 6.45) is 0.734. The van der Waals surface area contributed by atoms with Crippen LogP contribution < -0.4 is 9.47 Å². The van der Waals surface area contributed by atoms with E-state index in [1.54, 1.807) is 24.3 Å². The summed E-state index contributed by atoms with van der Waals surface area (Å²) in [5, 5.41) is 21.4. The Morgan fingerprint density at radius 2 is 1.90 bits per heavy atom. The summed E-state index contributed by atoms with van der Waals surface area (Å²) >= 11 is 7.23. The predicted octanol–water partition coefficient (Wildman–Crippen LogP) is 7.51. The molecule has 9 heteroatoms. The van der Waals surface area contributed by atoms with E-state index in [-0.39, 0.29) is 11.5 Å². The molecule has 0 aliphatic carbocycles. The summed E-state index contributed by atoms with van der Waals surface area (Å²) in [6, 6.07) is 16.6. The zero-order valence-electron chi connectivity index (χ0n) is 23.0. The van der Waals surface area contributed by atoms with Gasteiger partial charge in [0.15, 0.2) is 0 Å². The Morgan fingerprint density at radius 1 is 1.12 bits per heavy atom. The van der Waals surface area contributed by atoms with Gasteiger partial charge in [0.25, 0.3) is 0 Å². The number of hydrogen-bond acceptors (Lipinski definition) is 8. The van der Waals surface area contributed by atoms with Gasteiger partial charge < -0.3 is 19.7 Å². The van der Waals surface area contributed by atoms with Crippen molar-refractivity contribution >= 4 is 34.8 Å². The number of likely N-dealkylation sites (tertiary alicyclic amines) is 1. The van der Waals surface area contributed by atoms with Gasteiger partial charge in [-0.3, -0.25) is 4.90 Å². The number of ether oxygens (including phenoxy) is 2. The molecule has 0 radical (unpaired) electrons. The van der Waals surface area contributed by atoms with Crippen LogP contribution in [0.4, 0.5) is 0 Å². The molecule has 3 unspecified atom stereocenters. The number of halogens is 1. The Balaban J connectivity index is 1.46. The molecular formula is C31H34ClNO6S. The number of phenolic OH excluding ortho intramolecular Hbond substituents is 2. The largest absolute Gasteiger partial charge is 0.508 e. The molecule has 1 saturated heterocycles. The van der Waals surface area contributed by atoms with Gasteiger partial charge in [0.05, 0.1) is 24.0 Å². The smallest absolute Gasteiger partial charge is 0.150 e. The summed E-state index contributed by atoms with van der Waals surface area (Å²) < 4.78 is 17.7. The van der Waals surface area contributed by atoms with Crippen LogP contribution in [-0.2, 0) is 9.22 Å². The molecule has 7 nitrogen and oxygen atoms in total. The second-order valence-electron chi connectivity index (χ2n) is 10.5. The number of allylic oxidation sites excluding steroid dienone is 1. The first-order valence-corrected chi connectivity index (χ1v) is 14.4. The molecular weight excluding hydrogens is 550 g/mol. The number of phenols is 2.